The summed E-state index contributed by atoms with van der Waals surface area (Å²) in [5.74, 6) is 0. The number of para-hydroxylation sites is 2. The molecular weight excluding hydrogens is 621 g/mol. The average molecular weight is 655 g/mol. The lowest BCUT2D eigenvalue weighted by Crippen LogP contribution is -2.11. The molecule has 0 saturated carbocycles. The van der Waals surface area contributed by atoms with Crippen molar-refractivity contribution in [1.82, 2.24) is 9.13 Å². The molecular formula is C48H34N2O. The van der Waals surface area contributed by atoms with E-state index in [2.05, 4.69) is 161 Å². The van der Waals surface area contributed by atoms with Crippen LogP contribution < -0.4 is 0 Å². The molecule has 0 saturated heterocycles. The number of fused-ring (bicyclic) bond motifs is 9. The molecule has 1 unspecified atom stereocenters. The lowest BCUT2D eigenvalue weighted by molar-refractivity contribution is 0.622. The van der Waals surface area contributed by atoms with Crippen molar-refractivity contribution in [2.45, 2.75) is 25.3 Å². The number of allylic oxidation sites excluding steroid dienone is 5. The summed E-state index contributed by atoms with van der Waals surface area (Å²) in [7, 11) is 0. The second-order valence-corrected chi connectivity index (χ2v) is 14.0. The summed E-state index contributed by atoms with van der Waals surface area (Å²) < 4.78 is 11.2. The monoisotopic (exact) mass is 654 g/mol. The Bertz CT molecular complexity index is 2940. The first kappa shape index (κ1) is 28.5. The topological polar surface area (TPSA) is 23.0 Å². The molecule has 3 nitrogen and oxygen atoms in total. The van der Waals surface area contributed by atoms with Gasteiger partial charge in [-0.15, -0.1) is 0 Å². The molecule has 9 aromatic rings. The van der Waals surface area contributed by atoms with Gasteiger partial charge in [-0.05, 0) is 102 Å². The molecule has 0 bridgehead atoms. The quantitative estimate of drug-likeness (QED) is 0.185. The molecule has 2 aliphatic carbocycles. The summed E-state index contributed by atoms with van der Waals surface area (Å²) in [4.78, 5) is 0. The van der Waals surface area contributed by atoms with Crippen molar-refractivity contribution >= 4 is 66.3 Å². The van der Waals surface area contributed by atoms with Crippen LogP contribution >= 0.6 is 0 Å². The van der Waals surface area contributed by atoms with Crippen LogP contribution in [0, 0.1) is 0 Å². The lowest BCUT2D eigenvalue weighted by Gasteiger charge is -2.22. The normalized spacial score (nSPS) is 15.8. The van der Waals surface area contributed by atoms with Crippen LogP contribution in [0.25, 0.3) is 83.1 Å². The molecule has 0 spiro atoms. The smallest absolute Gasteiger partial charge is 0.135 e. The SMILES string of the molecule is C1=Cc2c(c3cc(-c4ccc5c6ccccc6n(-c6ccc7oc8ccccc8c7c6)c5c4)ccc3n2C2C=CC(c3ccccc3)=CC2)CC1. The Balaban J connectivity index is 1.05. The zero-order valence-electron chi connectivity index (χ0n) is 28.1. The van der Waals surface area contributed by atoms with E-state index in [9.17, 15) is 0 Å². The van der Waals surface area contributed by atoms with Gasteiger partial charge in [-0.1, -0.05) is 109 Å². The van der Waals surface area contributed by atoms with Crippen molar-refractivity contribution in [1.29, 1.82) is 0 Å². The summed E-state index contributed by atoms with van der Waals surface area (Å²) in [5, 5.41) is 6.17. The third kappa shape index (κ3) is 4.38. The van der Waals surface area contributed by atoms with E-state index in [-0.39, 0.29) is 6.04 Å². The van der Waals surface area contributed by atoms with Gasteiger partial charge in [0.1, 0.15) is 11.2 Å². The van der Waals surface area contributed by atoms with Crippen LogP contribution in [0.3, 0.4) is 0 Å². The van der Waals surface area contributed by atoms with E-state index in [1.807, 2.05) is 12.1 Å². The average Bonchev–Trinajstić information content (AvgIpc) is 3.85. The number of hydrogen-bond acceptors (Lipinski definition) is 1. The van der Waals surface area contributed by atoms with Crippen LogP contribution in [0.2, 0.25) is 0 Å². The van der Waals surface area contributed by atoms with E-state index in [0.29, 0.717) is 0 Å². The van der Waals surface area contributed by atoms with Gasteiger partial charge in [0.05, 0.1) is 17.1 Å². The van der Waals surface area contributed by atoms with Gasteiger partial charge in [0, 0.05) is 43.8 Å². The van der Waals surface area contributed by atoms with Crippen molar-refractivity contribution in [3.05, 3.63) is 175 Å². The molecule has 1 atom stereocenters. The standard InChI is InChI=1S/C48H34N2O/c1-2-10-31(11-3-1)32-18-22-35(23-19-32)49-44-16-8-5-13-38(44)41-28-33(21-26-45(41)49)34-20-25-39-37-12-4-7-15-43(37)50(46(39)29-34)36-24-27-48-42(30-36)40-14-6-9-17-47(40)51-48/h1-4,6-12,14-22,24-30,35H,5,13,23H2. The maximum atomic E-state index is 6.19. The van der Waals surface area contributed by atoms with Crippen LogP contribution in [-0.2, 0) is 6.42 Å². The largest absolute Gasteiger partial charge is 0.456 e. The predicted molar refractivity (Wildman–Crippen MR) is 214 cm³/mol. The number of benzene rings is 6. The van der Waals surface area contributed by atoms with Crippen LogP contribution in [0.15, 0.2) is 162 Å². The van der Waals surface area contributed by atoms with E-state index in [4.69, 9.17) is 4.42 Å². The van der Waals surface area contributed by atoms with Crippen molar-refractivity contribution < 1.29 is 4.42 Å². The van der Waals surface area contributed by atoms with Gasteiger partial charge < -0.3 is 13.6 Å². The molecule has 2 aliphatic rings. The molecule has 6 aromatic carbocycles. The first-order chi connectivity index (χ1) is 25.3. The van der Waals surface area contributed by atoms with Crippen LogP contribution in [0.5, 0.6) is 0 Å². The predicted octanol–water partition coefficient (Wildman–Crippen LogP) is 12.8. The fourth-order valence-corrected chi connectivity index (χ4v) is 8.73. The zero-order valence-corrected chi connectivity index (χ0v) is 28.1. The summed E-state index contributed by atoms with van der Waals surface area (Å²) in [6.45, 7) is 0. The molecule has 0 aliphatic heterocycles. The Morgan fingerprint density at radius 2 is 1.33 bits per heavy atom. The molecule has 3 heteroatoms. The number of furan rings is 1. The second-order valence-electron chi connectivity index (χ2n) is 14.0. The molecule has 11 rings (SSSR count). The van der Waals surface area contributed by atoms with Crippen molar-refractivity contribution in [2.24, 2.45) is 0 Å². The Morgan fingerprint density at radius 3 is 2.24 bits per heavy atom. The molecule has 0 radical (unpaired) electrons. The number of hydrogen-bond donors (Lipinski definition) is 0. The van der Waals surface area contributed by atoms with Crippen LogP contribution in [0.1, 0.15) is 35.7 Å². The highest BCUT2D eigenvalue weighted by molar-refractivity contribution is 6.11. The Morgan fingerprint density at radius 1 is 0.549 bits per heavy atom. The Kier molecular flexibility index (Phi) is 6.20. The maximum absolute atomic E-state index is 6.19. The molecule has 3 aromatic heterocycles. The van der Waals surface area contributed by atoms with Crippen molar-refractivity contribution in [3.8, 4) is 16.8 Å². The van der Waals surface area contributed by atoms with Crippen molar-refractivity contribution in [3.63, 3.8) is 0 Å². The van der Waals surface area contributed by atoms with Gasteiger partial charge in [0.2, 0.25) is 0 Å². The van der Waals surface area contributed by atoms with E-state index in [1.165, 1.54) is 66.2 Å². The molecule has 0 amide bonds. The molecule has 51 heavy (non-hydrogen) atoms. The van der Waals surface area contributed by atoms with Crippen LogP contribution in [0.4, 0.5) is 0 Å². The Hall–Kier alpha value is -6.32. The van der Waals surface area contributed by atoms with Gasteiger partial charge in [-0.2, -0.15) is 0 Å². The molecule has 0 fully saturated rings. The lowest BCUT2D eigenvalue weighted by atomic mass is 9.96. The van der Waals surface area contributed by atoms with E-state index < -0.39 is 0 Å². The van der Waals surface area contributed by atoms with Gasteiger partial charge >= 0.3 is 0 Å². The summed E-state index contributed by atoms with van der Waals surface area (Å²) in [6.07, 6.45) is 14.9. The third-order valence-electron chi connectivity index (χ3n) is 11.1. The van der Waals surface area contributed by atoms with Crippen LogP contribution in [-0.4, -0.2) is 9.13 Å². The maximum Gasteiger partial charge on any atom is 0.135 e. The number of rotatable bonds is 4. The summed E-state index contributed by atoms with van der Waals surface area (Å²) in [5.41, 5.74) is 14.6. The minimum atomic E-state index is 0.286. The zero-order chi connectivity index (χ0) is 33.5. The van der Waals surface area contributed by atoms with Gasteiger partial charge in [-0.3, -0.25) is 0 Å². The number of aryl methyl sites for hydroxylation is 1. The highest BCUT2D eigenvalue weighted by Crippen LogP contribution is 2.41. The van der Waals surface area contributed by atoms with Gasteiger partial charge in [0.25, 0.3) is 0 Å². The first-order valence-electron chi connectivity index (χ1n) is 18.0. The number of nitrogens with zero attached hydrogens (tertiary/aromatic N) is 2. The van der Waals surface area contributed by atoms with E-state index >= 15 is 0 Å². The highest BCUT2D eigenvalue weighted by atomic mass is 16.3. The molecule has 3 heterocycles. The first-order valence-corrected chi connectivity index (χ1v) is 18.0. The van der Waals surface area contributed by atoms with Gasteiger partial charge in [-0.25, -0.2) is 0 Å². The second kappa shape index (κ2) is 11.1. The van der Waals surface area contributed by atoms with E-state index in [0.717, 1.165) is 46.9 Å². The summed E-state index contributed by atoms with van der Waals surface area (Å²) >= 11 is 0. The fraction of sp³-hybridized carbons (Fsp3) is 0.0833. The molecule has 0 N–H and O–H groups in total. The van der Waals surface area contributed by atoms with Crippen molar-refractivity contribution in [2.75, 3.05) is 0 Å². The molecule has 242 valence electrons. The minimum Gasteiger partial charge on any atom is -0.456 e. The third-order valence-corrected chi connectivity index (χ3v) is 11.1. The minimum absolute atomic E-state index is 0.286. The van der Waals surface area contributed by atoms with Gasteiger partial charge in [0.15, 0.2) is 0 Å². The number of aromatic nitrogens is 2. The Labute approximate surface area is 295 Å². The summed E-state index contributed by atoms with van der Waals surface area (Å²) in [6, 6.07) is 48.8. The van der Waals surface area contributed by atoms with E-state index in [1.54, 1.807) is 0 Å². The fourth-order valence-electron chi connectivity index (χ4n) is 8.73. The highest BCUT2D eigenvalue weighted by Gasteiger charge is 2.23.